The minimum absolute atomic E-state index is 0.0904. The Labute approximate surface area is 314 Å². The molecule has 0 radical (unpaired) electrons. The van der Waals surface area contributed by atoms with Crippen molar-refractivity contribution in [2.45, 2.75) is 0 Å². The van der Waals surface area contributed by atoms with Gasteiger partial charge in [0.2, 0.25) is 0 Å². The van der Waals surface area contributed by atoms with Gasteiger partial charge >= 0.3 is 0 Å². The Morgan fingerprint density at radius 3 is 2.00 bits per heavy atom. The highest BCUT2D eigenvalue weighted by Gasteiger charge is 2.22. The van der Waals surface area contributed by atoms with E-state index in [1.54, 1.807) is 24.3 Å². The molecular formula is C50H31NO. The first kappa shape index (κ1) is 21.3. The fraction of sp³-hybridized carbons (Fsp3) is 0. The maximum atomic E-state index is 9.35. The molecule has 9 aromatic carbocycles. The number of nitrogens with zero attached hydrogens (tertiary/aromatic N) is 1. The molecule has 10 aromatic rings. The smallest absolute Gasteiger partial charge is 0.135 e. The van der Waals surface area contributed by atoms with Crippen molar-refractivity contribution >= 4 is 43.4 Å². The molecule has 0 amide bonds. The number of para-hydroxylation sites is 1. The van der Waals surface area contributed by atoms with Crippen LogP contribution in [-0.2, 0) is 0 Å². The van der Waals surface area contributed by atoms with Crippen molar-refractivity contribution in [2.75, 3.05) is 0 Å². The van der Waals surface area contributed by atoms with Crippen LogP contribution in [0.4, 0.5) is 0 Å². The van der Waals surface area contributed by atoms with Crippen molar-refractivity contribution in [1.82, 2.24) is 4.57 Å². The van der Waals surface area contributed by atoms with Crippen molar-refractivity contribution in [3.8, 4) is 61.7 Å². The van der Waals surface area contributed by atoms with Gasteiger partial charge in [-0.05, 0) is 92.2 Å². The molecule has 2 nitrogen and oxygen atoms in total. The summed E-state index contributed by atoms with van der Waals surface area (Å²) >= 11 is 0. The van der Waals surface area contributed by atoms with E-state index in [4.69, 9.17) is 11.6 Å². The van der Waals surface area contributed by atoms with E-state index in [-0.39, 0.29) is 52.9 Å². The molecule has 0 saturated heterocycles. The van der Waals surface area contributed by atoms with Crippen LogP contribution in [-0.4, -0.2) is 4.57 Å². The first-order valence-corrected chi connectivity index (χ1v) is 17.1. The van der Waals surface area contributed by atoms with E-state index in [0.29, 0.717) is 44.5 Å². The molecule has 0 bridgehead atoms. The van der Waals surface area contributed by atoms with Crippen LogP contribution in [0.2, 0.25) is 0 Å². The minimum Gasteiger partial charge on any atom is -0.456 e. The number of benzene rings is 9. The number of aromatic nitrogens is 1. The van der Waals surface area contributed by atoms with E-state index in [2.05, 4.69) is 41.0 Å². The number of rotatable bonds is 4. The van der Waals surface area contributed by atoms with Gasteiger partial charge in [-0.1, -0.05) is 145 Å². The van der Waals surface area contributed by atoms with Gasteiger partial charge in [0, 0.05) is 32.8 Å². The maximum Gasteiger partial charge on any atom is 0.135 e. The molecule has 0 fully saturated rings. The summed E-state index contributed by atoms with van der Waals surface area (Å²) < 4.78 is 88.0. The first-order valence-electron chi connectivity index (χ1n) is 21.6. The summed E-state index contributed by atoms with van der Waals surface area (Å²) in [5, 5.41) is 5.47. The van der Waals surface area contributed by atoms with Crippen LogP contribution in [0, 0.1) is 0 Å². The van der Waals surface area contributed by atoms with Crippen LogP contribution >= 0.6 is 0 Å². The largest absolute Gasteiger partial charge is 0.456 e. The lowest BCUT2D eigenvalue weighted by molar-refractivity contribution is 0.487. The predicted molar refractivity (Wildman–Crippen MR) is 218 cm³/mol. The Morgan fingerprint density at radius 2 is 1.15 bits per heavy atom. The molecule has 0 N–H and O–H groups in total. The van der Waals surface area contributed by atoms with E-state index in [1.165, 1.54) is 0 Å². The number of ether oxygens (including phenoxy) is 1. The zero-order valence-corrected chi connectivity index (χ0v) is 27.6. The highest BCUT2D eigenvalue weighted by Crippen LogP contribution is 2.49. The Morgan fingerprint density at radius 1 is 0.423 bits per heavy atom. The molecule has 2 heterocycles. The van der Waals surface area contributed by atoms with Crippen molar-refractivity contribution in [3.63, 3.8) is 0 Å². The van der Waals surface area contributed by atoms with E-state index in [1.807, 2.05) is 72.8 Å². The second-order valence-corrected chi connectivity index (χ2v) is 13.0. The van der Waals surface area contributed by atoms with E-state index < -0.39 is 18.1 Å². The molecule has 1 aliphatic heterocycles. The van der Waals surface area contributed by atoms with Gasteiger partial charge in [0.05, 0.1) is 23.4 Å². The predicted octanol–water partition coefficient (Wildman–Crippen LogP) is 13.9. The molecule has 0 atom stereocenters. The lowest BCUT2D eigenvalue weighted by atomic mass is 9.89. The summed E-state index contributed by atoms with van der Waals surface area (Å²) in [5.74, 6) is 1.06. The number of hydrogen-bond acceptors (Lipinski definition) is 1. The van der Waals surface area contributed by atoms with Crippen molar-refractivity contribution in [3.05, 3.63) is 188 Å². The van der Waals surface area contributed by atoms with Gasteiger partial charge in [0.25, 0.3) is 0 Å². The third-order valence-corrected chi connectivity index (χ3v) is 10.1. The zero-order chi connectivity index (χ0) is 42.0. The summed E-state index contributed by atoms with van der Waals surface area (Å²) in [4.78, 5) is 0. The second kappa shape index (κ2) is 11.3. The van der Waals surface area contributed by atoms with Gasteiger partial charge in [-0.2, -0.15) is 0 Å². The van der Waals surface area contributed by atoms with Crippen molar-refractivity contribution in [1.29, 1.82) is 0 Å². The Kier molecular flexibility index (Phi) is 4.64. The molecule has 52 heavy (non-hydrogen) atoms. The van der Waals surface area contributed by atoms with Crippen LogP contribution in [0.1, 0.15) is 12.3 Å². The van der Waals surface area contributed by atoms with Gasteiger partial charge in [-0.15, -0.1) is 0 Å². The number of fused-ring (bicyclic) bond motifs is 7. The Bertz CT molecular complexity index is 3500. The molecule has 11 rings (SSSR count). The van der Waals surface area contributed by atoms with Gasteiger partial charge in [-0.3, -0.25) is 0 Å². The summed E-state index contributed by atoms with van der Waals surface area (Å²) in [6.07, 6.45) is 0. The zero-order valence-electron chi connectivity index (χ0n) is 36.6. The fourth-order valence-electron chi connectivity index (χ4n) is 7.77. The average Bonchev–Trinajstić information content (AvgIpc) is 3.62. The third kappa shape index (κ3) is 4.38. The van der Waals surface area contributed by atoms with Gasteiger partial charge in [0.1, 0.15) is 11.5 Å². The highest BCUT2D eigenvalue weighted by atomic mass is 16.5. The topological polar surface area (TPSA) is 14.2 Å². The summed E-state index contributed by atoms with van der Waals surface area (Å²) in [5.41, 5.74) is 6.39. The molecule has 0 unspecified atom stereocenters. The fourth-order valence-corrected chi connectivity index (χ4v) is 7.77. The lowest BCUT2D eigenvalue weighted by Gasteiger charge is -2.23. The second-order valence-electron chi connectivity index (χ2n) is 13.0. The molecule has 2 heteroatoms. The molecule has 242 valence electrons. The maximum absolute atomic E-state index is 9.35. The van der Waals surface area contributed by atoms with Gasteiger partial charge < -0.3 is 9.30 Å². The molecule has 0 aliphatic carbocycles. The quantitative estimate of drug-likeness (QED) is 0.182. The molecule has 0 spiro atoms. The van der Waals surface area contributed by atoms with Crippen LogP contribution in [0.3, 0.4) is 0 Å². The Hall–Kier alpha value is -6.90. The van der Waals surface area contributed by atoms with Crippen LogP contribution in [0.15, 0.2) is 188 Å². The Balaban J connectivity index is 1.06. The number of hydrogen-bond donors (Lipinski definition) is 0. The molecular weight excluding hydrogens is 631 g/mol. The van der Waals surface area contributed by atoms with Crippen molar-refractivity contribution < 1.29 is 17.1 Å². The van der Waals surface area contributed by atoms with E-state index >= 15 is 0 Å². The van der Waals surface area contributed by atoms with Crippen molar-refractivity contribution in [2.24, 2.45) is 0 Å². The van der Waals surface area contributed by atoms with Gasteiger partial charge in [-0.25, -0.2) is 0 Å². The SMILES string of the molecule is [2H]c1c([2H])c([2H])c(-c2ccc3c4c(cccc24)-c2cc(-c4c([2H])c([2H])c(-c5ccc6c(c5)c5ccc7ccccc7c5n6-c5ccccc5)c([2H])c4[2H])ccc2O3)c([2H])c1[2H]. The van der Waals surface area contributed by atoms with E-state index in [0.717, 1.165) is 43.8 Å². The summed E-state index contributed by atoms with van der Waals surface area (Å²) in [6, 6.07) is 40.3. The van der Waals surface area contributed by atoms with Crippen LogP contribution < -0.4 is 4.74 Å². The summed E-state index contributed by atoms with van der Waals surface area (Å²) in [7, 11) is 0. The van der Waals surface area contributed by atoms with E-state index in [9.17, 15) is 5.48 Å². The third-order valence-electron chi connectivity index (χ3n) is 10.1. The molecule has 0 saturated carbocycles. The normalized spacial score (nSPS) is 14.4. The average molecular weight is 671 g/mol. The highest BCUT2D eigenvalue weighted by molar-refractivity contribution is 6.19. The monoisotopic (exact) mass is 670 g/mol. The minimum atomic E-state index is -0.462. The van der Waals surface area contributed by atoms with Gasteiger partial charge in [0.15, 0.2) is 0 Å². The lowest BCUT2D eigenvalue weighted by Crippen LogP contribution is -1.98. The molecule has 1 aliphatic rings. The van der Waals surface area contributed by atoms with Crippen LogP contribution in [0.25, 0.3) is 93.5 Å². The standard InChI is InChI=1S/C50H31NO/c1-3-10-34(11-4-1)39-26-29-48-49-41(39)16-9-17-42(49)45-31-37(24-28-47(45)52-48)33-20-18-32(19-21-33)36-23-27-46-44(30-36)43-25-22-35-12-7-8-15-40(35)50(43)51(46)38-13-5-2-6-14-38/h1-31H/i1D,3D,4D,10D,11D,18D,19D,20D,21D. The molecule has 1 aromatic heterocycles. The first-order chi connectivity index (χ1) is 29.5. The van der Waals surface area contributed by atoms with Crippen LogP contribution in [0.5, 0.6) is 11.5 Å². The summed E-state index contributed by atoms with van der Waals surface area (Å²) in [6.45, 7) is 0.